The molecule has 1 aliphatic heterocycles. The predicted molar refractivity (Wildman–Crippen MR) is 81.7 cm³/mol. The number of hydrogen-bond acceptors (Lipinski definition) is 5. The largest absolute Gasteiger partial charge is 0.369 e. The van der Waals surface area contributed by atoms with Crippen molar-refractivity contribution < 1.29 is 9.59 Å². The van der Waals surface area contributed by atoms with Crippen molar-refractivity contribution in [1.29, 1.82) is 0 Å². The molecule has 2 amide bonds. The molecule has 0 radical (unpaired) electrons. The average Bonchev–Trinajstić information content (AvgIpc) is 2.83. The maximum atomic E-state index is 12.3. The number of thiazole rings is 1. The van der Waals surface area contributed by atoms with Crippen LogP contribution in [-0.4, -0.2) is 53.3 Å². The molecule has 1 aromatic rings. The molecule has 2 heterocycles. The van der Waals surface area contributed by atoms with Gasteiger partial charge in [-0.1, -0.05) is 0 Å². The van der Waals surface area contributed by atoms with Crippen molar-refractivity contribution in [3.8, 4) is 0 Å². The Bertz CT molecular complexity index is 517. The number of carbonyl (C=O) groups is 2. The van der Waals surface area contributed by atoms with Gasteiger partial charge < -0.3 is 10.6 Å². The summed E-state index contributed by atoms with van der Waals surface area (Å²) >= 11 is 1.61. The number of primary amides is 1. The lowest BCUT2D eigenvalue weighted by molar-refractivity contribution is -0.135. The molecule has 1 saturated heterocycles. The highest BCUT2D eigenvalue weighted by Crippen LogP contribution is 2.16. The maximum absolute atomic E-state index is 12.3. The Hall–Kier alpha value is -1.47. The molecule has 2 rings (SSSR count). The molecule has 21 heavy (non-hydrogen) atoms. The topological polar surface area (TPSA) is 79.5 Å². The van der Waals surface area contributed by atoms with Gasteiger partial charge in [0.2, 0.25) is 11.8 Å². The lowest BCUT2D eigenvalue weighted by Gasteiger charge is -2.32. The zero-order valence-electron chi connectivity index (χ0n) is 12.5. The van der Waals surface area contributed by atoms with Crippen LogP contribution in [0.25, 0.3) is 0 Å². The van der Waals surface area contributed by atoms with Crippen LogP contribution in [0.4, 0.5) is 0 Å². The molecule has 0 aromatic carbocycles. The first-order chi connectivity index (χ1) is 9.95. The molecular formula is C14H22N4O2S. The van der Waals surface area contributed by atoms with Crippen molar-refractivity contribution in [2.24, 2.45) is 11.7 Å². The quantitative estimate of drug-likeness (QED) is 0.864. The van der Waals surface area contributed by atoms with Gasteiger partial charge in [-0.15, -0.1) is 11.3 Å². The van der Waals surface area contributed by atoms with Gasteiger partial charge in [0.05, 0.1) is 23.2 Å². The number of nitrogens with zero attached hydrogens (tertiary/aromatic N) is 3. The highest BCUT2D eigenvalue weighted by Gasteiger charge is 2.27. The number of aryl methyl sites for hydroxylation is 1. The van der Waals surface area contributed by atoms with Gasteiger partial charge >= 0.3 is 0 Å². The lowest BCUT2D eigenvalue weighted by Crippen LogP contribution is -2.47. The van der Waals surface area contributed by atoms with Crippen molar-refractivity contribution in [1.82, 2.24) is 14.8 Å². The Morgan fingerprint density at radius 2 is 2.33 bits per heavy atom. The van der Waals surface area contributed by atoms with E-state index in [1.807, 2.05) is 24.3 Å². The Kier molecular flexibility index (Phi) is 5.30. The van der Waals surface area contributed by atoms with Crippen LogP contribution < -0.4 is 5.73 Å². The third kappa shape index (κ3) is 4.50. The van der Waals surface area contributed by atoms with Crippen molar-refractivity contribution in [3.05, 3.63) is 16.1 Å². The van der Waals surface area contributed by atoms with Crippen LogP contribution >= 0.6 is 11.3 Å². The van der Waals surface area contributed by atoms with Crippen LogP contribution in [0, 0.1) is 12.8 Å². The minimum atomic E-state index is -0.307. The number of hydrogen-bond donors (Lipinski definition) is 1. The predicted octanol–water partition coefficient (Wildman–Crippen LogP) is 0.607. The second kappa shape index (κ2) is 7.00. The molecule has 1 aromatic heterocycles. The van der Waals surface area contributed by atoms with E-state index in [0.717, 1.165) is 23.5 Å². The van der Waals surface area contributed by atoms with Gasteiger partial charge in [0.15, 0.2) is 0 Å². The Morgan fingerprint density at radius 1 is 1.57 bits per heavy atom. The number of likely N-dealkylation sites (tertiary alicyclic amines) is 1. The second-order valence-corrected chi connectivity index (χ2v) is 6.67. The standard InChI is InChI=1S/C14H22N4O2S/c1-10-16-12(9-21-10)7-17(2)8-13(19)18-5-3-4-11(6-18)14(15)20/h9,11H,3-8H2,1-2H3,(H2,15,20). The summed E-state index contributed by atoms with van der Waals surface area (Å²) in [6.07, 6.45) is 1.63. The van der Waals surface area contributed by atoms with Crippen LogP contribution in [0.1, 0.15) is 23.5 Å². The van der Waals surface area contributed by atoms with E-state index in [-0.39, 0.29) is 17.7 Å². The van der Waals surface area contributed by atoms with Gasteiger partial charge in [-0.05, 0) is 26.8 Å². The van der Waals surface area contributed by atoms with Crippen LogP contribution in [0.2, 0.25) is 0 Å². The molecule has 1 aliphatic rings. The maximum Gasteiger partial charge on any atom is 0.236 e. The zero-order valence-corrected chi connectivity index (χ0v) is 13.4. The summed E-state index contributed by atoms with van der Waals surface area (Å²) in [4.78, 5) is 31.6. The number of amides is 2. The summed E-state index contributed by atoms with van der Waals surface area (Å²) in [5.74, 6) is -0.455. The molecule has 0 saturated carbocycles. The summed E-state index contributed by atoms with van der Waals surface area (Å²) in [5, 5.41) is 3.05. The molecule has 1 fully saturated rings. The SMILES string of the molecule is Cc1nc(CN(C)CC(=O)N2CCCC(C(N)=O)C2)cs1. The molecule has 6 nitrogen and oxygen atoms in total. The van der Waals surface area contributed by atoms with Crippen molar-refractivity contribution in [2.75, 3.05) is 26.7 Å². The zero-order chi connectivity index (χ0) is 15.4. The van der Waals surface area contributed by atoms with E-state index in [0.29, 0.717) is 26.2 Å². The minimum Gasteiger partial charge on any atom is -0.369 e. The van der Waals surface area contributed by atoms with E-state index in [4.69, 9.17) is 5.73 Å². The summed E-state index contributed by atoms with van der Waals surface area (Å²) in [6.45, 7) is 4.13. The van der Waals surface area contributed by atoms with E-state index in [9.17, 15) is 9.59 Å². The van der Waals surface area contributed by atoms with Crippen LogP contribution in [0.15, 0.2) is 5.38 Å². The molecule has 2 N–H and O–H groups in total. The number of piperidine rings is 1. The highest BCUT2D eigenvalue weighted by atomic mass is 32.1. The molecule has 7 heteroatoms. The molecular weight excluding hydrogens is 288 g/mol. The van der Waals surface area contributed by atoms with Gasteiger partial charge in [0.25, 0.3) is 0 Å². The fourth-order valence-electron chi connectivity index (χ4n) is 2.58. The first-order valence-electron chi connectivity index (χ1n) is 7.12. The van der Waals surface area contributed by atoms with Crippen LogP contribution in [-0.2, 0) is 16.1 Å². The average molecular weight is 310 g/mol. The van der Waals surface area contributed by atoms with E-state index in [2.05, 4.69) is 4.98 Å². The third-order valence-corrected chi connectivity index (χ3v) is 4.50. The monoisotopic (exact) mass is 310 g/mol. The number of nitrogens with two attached hydrogens (primary N) is 1. The molecule has 116 valence electrons. The van der Waals surface area contributed by atoms with Gasteiger partial charge in [-0.3, -0.25) is 14.5 Å². The number of rotatable bonds is 5. The summed E-state index contributed by atoms with van der Waals surface area (Å²) in [5.41, 5.74) is 6.33. The normalized spacial score (nSPS) is 19.0. The third-order valence-electron chi connectivity index (χ3n) is 3.68. The first-order valence-corrected chi connectivity index (χ1v) is 8.00. The van der Waals surface area contributed by atoms with E-state index < -0.39 is 0 Å². The van der Waals surface area contributed by atoms with Gasteiger partial charge in [0.1, 0.15) is 0 Å². The number of likely N-dealkylation sites (N-methyl/N-ethyl adjacent to an activating group) is 1. The summed E-state index contributed by atoms with van der Waals surface area (Å²) < 4.78 is 0. The van der Waals surface area contributed by atoms with Crippen LogP contribution in [0.3, 0.4) is 0 Å². The van der Waals surface area contributed by atoms with E-state index in [1.54, 1.807) is 16.2 Å². The highest BCUT2D eigenvalue weighted by molar-refractivity contribution is 7.09. The van der Waals surface area contributed by atoms with Gasteiger partial charge in [-0.25, -0.2) is 4.98 Å². The molecule has 0 bridgehead atoms. The molecule has 1 unspecified atom stereocenters. The lowest BCUT2D eigenvalue weighted by atomic mass is 9.97. The van der Waals surface area contributed by atoms with Gasteiger partial charge in [-0.2, -0.15) is 0 Å². The second-order valence-electron chi connectivity index (χ2n) is 5.61. The van der Waals surface area contributed by atoms with E-state index >= 15 is 0 Å². The smallest absolute Gasteiger partial charge is 0.236 e. The fraction of sp³-hybridized carbons (Fsp3) is 0.643. The van der Waals surface area contributed by atoms with Crippen LogP contribution in [0.5, 0.6) is 0 Å². The summed E-state index contributed by atoms with van der Waals surface area (Å²) in [6, 6.07) is 0. The first kappa shape index (κ1) is 15.9. The molecule has 0 aliphatic carbocycles. The number of carbonyl (C=O) groups excluding carboxylic acids is 2. The Balaban J connectivity index is 1.84. The van der Waals surface area contributed by atoms with Crippen molar-refractivity contribution in [3.63, 3.8) is 0 Å². The molecule has 1 atom stereocenters. The fourth-order valence-corrected chi connectivity index (χ4v) is 3.18. The molecule has 0 spiro atoms. The van der Waals surface area contributed by atoms with E-state index in [1.165, 1.54) is 0 Å². The van der Waals surface area contributed by atoms with Crippen molar-refractivity contribution in [2.45, 2.75) is 26.3 Å². The van der Waals surface area contributed by atoms with Crippen molar-refractivity contribution >= 4 is 23.2 Å². The minimum absolute atomic E-state index is 0.0513. The Labute approximate surface area is 128 Å². The Morgan fingerprint density at radius 3 is 2.95 bits per heavy atom. The summed E-state index contributed by atoms with van der Waals surface area (Å²) in [7, 11) is 1.90. The number of aromatic nitrogens is 1. The van der Waals surface area contributed by atoms with Gasteiger partial charge in [0, 0.05) is 25.0 Å².